The van der Waals surface area contributed by atoms with Crippen LogP contribution in [0, 0.1) is 0 Å². The number of rotatable bonds is 9. The second-order valence-electron chi connectivity index (χ2n) is 6.88. The van der Waals surface area contributed by atoms with Crippen LogP contribution in [0.3, 0.4) is 0 Å². The third-order valence-electron chi connectivity index (χ3n) is 4.99. The molecule has 4 amide bonds. The number of nitrogens with one attached hydrogen (secondary N) is 2. The molecule has 0 atom stereocenters. The van der Waals surface area contributed by atoms with Crippen LogP contribution in [0.1, 0.15) is 45.4 Å². The summed E-state index contributed by atoms with van der Waals surface area (Å²) in [6, 6.07) is -0.420. The van der Waals surface area contributed by atoms with Gasteiger partial charge in [-0.15, -0.1) is 0 Å². The third kappa shape index (κ3) is 4.73. The van der Waals surface area contributed by atoms with Crippen LogP contribution in [0.4, 0.5) is 4.79 Å². The van der Waals surface area contributed by atoms with E-state index in [4.69, 9.17) is 0 Å². The van der Waals surface area contributed by atoms with Crippen LogP contribution < -0.4 is 10.6 Å². The fourth-order valence-corrected chi connectivity index (χ4v) is 4.47. The van der Waals surface area contributed by atoms with E-state index >= 15 is 0 Å². The number of carbonyl (C=O) groups excluding carboxylic acids is 3. The molecular formula is C16H28N4O5S. The van der Waals surface area contributed by atoms with Gasteiger partial charge in [-0.05, 0) is 19.3 Å². The summed E-state index contributed by atoms with van der Waals surface area (Å²) in [7, 11) is -3.23. The topological polar surface area (TPSA) is 116 Å². The van der Waals surface area contributed by atoms with Crippen LogP contribution in [0.15, 0.2) is 0 Å². The highest BCUT2D eigenvalue weighted by Crippen LogP contribution is 2.34. The molecular weight excluding hydrogens is 360 g/mol. The van der Waals surface area contributed by atoms with Gasteiger partial charge in [0.2, 0.25) is 15.9 Å². The van der Waals surface area contributed by atoms with Crippen molar-refractivity contribution in [2.24, 2.45) is 0 Å². The molecule has 0 aromatic heterocycles. The van der Waals surface area contributed by atoms with Crippen molar-refractivity contribution in [3.05, 3.63) is 0 Å². The second kappa shape index (κ2) is 8.34. The van der Waals surface area contributed by atoms with E-state index in [9.17, 15) is 22.8 Å². The molecule has 1 heterocycles. The number of amides is 4. The van der Waals surface area contributed by atoms with Gasteiger partial charge in [-0.3, -0.25) is 14.5 Å². The number of sulfonamides is 1. The zero-order valence-electron chi connectivity index (χ0n) is 15.4. The third-order valence-corrected chi connectivity index (χ3v) is 6.37. The van der Waals surface area contributed by atoms with E-state index in [2.05, 4.69) is 10.6 Å². The minimum absolute atomic E-state index is 0.0405. The predicted molar refractivity (Wildman–Crippen MR) is 95.8 cm³/mol. The van der Waals surface area contributed by atoms with Crippen molar-refractivity contribution in [3.8, 4) is 0 Å². The Balaban J connectivity index is 1.71. The van der Waals surface area contributed by atoms with Gasteiger partial charge in [0.1, 0.15) is 5.54 Å². The summed E-state index contributed by atoms with van der Waals surface area (Å²) in [5, 5.41) is 5.48. The molecule has 148 valence electrons. The predicted octanol–water partition coefficient (Wildman–Crippen LogP) is 0.0289. The van der Waals surface area contributed by atoms with E-state index in [0.29, 0.717) is 38.9 Å². The van der Waals surface area contributed by atoms with E-state index in [-0.39, 0.29) is 24.8 Å². The molecule has 1 aliphatic carbocycles. The maximum atomic E-state index is 12.5. The van der Waals surface area contributed by atoms with E-state index < -0.39 is 21.6 Å². The molecule has 0 aromatic rings. The van der Waals surface area contributed by atoms with Gasteiger partial charge >= 0.3 is 6.03 Å². The molecule has 2 N–H and O–H groups in total. The Bertz CT molecular complexity index is 658. The van der Waals surface area contributed by atoms with Gasteiger partial charge < -0.3 is 10.6 Å². The molecule has 1 spiro atoms. The number of carbonyl (C=O) groups is 3. The molecule has 1 saturated carbocycles. The fraction of sp³-hybridized carbons (Fsp3) is 0.812. The van der Waals surface area contributed by atoms with Gasteiger partial charge in [-0.1, -0.05) is 19.8 Å². The first-order chi connectivity index (χ1) is 12.2. The zero-order valence-corrected chi connectivity index (χ0v) is 16.2. The molecule has 2 aliphatic rings. The zero-order chi connectivity index (χ0) is 19.4. The van der Waals surface area contributed by atoms with Crippen LogP contribution in [-0.4, -0.2) is 73.4 Å². The van der Waals surface area contributed by atoms with Gasteiger partial charge in [0.25, 0.3) is 5.91 Å². The normalized spacial score (nSPS) is 19.4. The Morgan fingerprint density at radius 1 is 1.31 bits per heavy atom. The van der Waals surface area contributed by atoms with Crippen molar-refractivity contribution in [2.75, 3.05) is 32.4 Å². The van der Waals surface area contributed by atoms with Crippen LogP contribution in [0.25, 0.3) is 0 Å². The molecule has 9 nitrogen and oxygen atoms in total. The molecule has 0 radical (unpaired) electrons. The summed E-state index contributed by atoms with van der Waals surface area (Å²) >= 11 is 0. The fourth-order valence-electron chi connectivity index (χ4n) is 3.54. The number of nitrogens with zero attached hydrogens (tertiary/aromatic N) is 2. The molecule has 2 rings (SSSR count). The lowest BCUT2D eigenvalue weighted by Crippen LogP contribution is -2.44. The minimum Gasteiger partial charge on any atom is -0.356 e. The quantitative estimate of drug-likeness (QED) is 0.427. The van der Waals surface area contributed by atoms with Gasteiger partial charge in [0.05, 0.1) is 6.26 Å². The monoisotopic (exact) mass is 388 g/mol. The van der Waals surface area contributed by atoms with E-state index in [1.165, 1.54) is 4.31 Å². The summed E-state index contributed by atoms with van der Waals surface area (Å²) in [6.45, 7) is 2.89. The lowest BCUT2D eigenvalue weighted by Gasteiger charge is -2.20. The first kappa shape index (κ1) is 20.6. The van der Waals surface area contributed by atoms with Crippen LogP contribution in [-0.2, 0) is 19.6 Å². The maximum Gasteiger partial charge on any atom is 0.325 e. The number of hydrogen-bond acceptors (Lipinski definition) is 5. The summed E-state index contributed by atoms with van der Waals surface area (Å²) in [5.41, 5.74) is -0.747. The van der Waals surface area contributed by atoms with Crippen molar-refractivity contribution in [1.29, 1.82) is 0 Å². The van der Waals surface area contributed by atoms with Gasteiger partial charge in [-0.2, -0.15) is 0 Å². The SMILES string of the molecule is CCN(CCCNC(=O)CCN1C(=O)NC2(CCCC2)C1=O)S(C)(=O)=O. The largest absolute Gasteiger partial charge is 0.356 e. The molecule has 1 saturated heterocycles. The van der Waals surface area contributed by atoms with Crippen molar-refractivity contribution in [1.82, 2.24) is 19.8 Å². The molecule has 10 heteroatoms. The Labute approximate surface area is 154 Å². The Kier molecular flexibility index (Phi) is 6.62. The van der Waals surface area contributed by atoms with Gasteiger partial charge in [-0.25, -0.2) is 17.5 Å². The average molecular weight is 388 g/mol. The highest BCUT2D eigenvalue weighted by atomic mass is 32.2. The molecule has 0 bridgehead atoms. The number of imide groups is 1. The highest BCUT2D eigenvalue weighted by Gasteiger charge is 2.52. The molecule has 26 heavy (non-hydrogen) atoms. The van der Waals surface area contributed by atoms with Crippen LogP contribution in [0.2, 0.25) is 0 Å². The molecule has 0 aromatic carbocycles. The Hall–Kier alpha value is -1.68. The lowest BCUT2D eigenvalue weighted by molar-refractivity contribution is -0.131. The van der Waals surface area contributed by atoms with Crippen molar-refractivity contribution >= 4 is 27.9 Å². The maximum absolute atomic E-state index is 12.5. The number of hydrogen-bond donors (Lipinski definition) is 2. The Morgan fingerprint density at radius 3 is 2.54 bits per heavy atom. The summed E-state index contributed by atoms with van der Waals surface area (Å²) < 4.78 is 24.3. The lowest BCUT2D eigenvalue weighted by atomic mass is 9.98. The van der Waals surface area contributed by atoms with Crippen molar-refractivity contribution in [3.63, 3.8) is 0 Å². The van der Waals surface area contributed by atoms with E-state index in [1.54, 1.807) is 6.92 Å². The highest BCUT2D eigenvalue weighted by molar-refractivity contribution is 7.88. The standard InChI is InChI=1S/C16H28N4O5S/c1-3-19(26(2,24)25)11-6-10-17-13(21)7-12-20-14(22)16(18-15(20)23)8-4-5-9-16/h3-12H2,1-2H3,(H,17,21)(H,18,23). The van der Waals surface area contributed by atoms with Gasteiger partial charge in [0, 0.05) is 32.6 Å². The first-order valence-corrected chi connectivity index (χ1v) is 10.9. The van der Waals surface area contributed by atoms with Crippen LogP contribution >= 0.6 is 0 Å². The second-order valence-corrected chi connectivity index (χ2v) is 8.87. The van der Waals surface area contributed by atoms with Crippen molar-refractivity contribution in [2.45, 2.75) is 51.0 Å². The van der Waals surface area contributed by atoms with Crippen molar-refractivity contribution < 1.29 is 22.8 Å². The number of urea groups is 1. The molecule has 0 unspecified atom stereocenters. The first-order valence-electron chi connectivity index (χ1n) is 9.05. The van der Waals surface area contributed by atoms with E-state index in [1.807, 2.05) is 0 Å². The average Bonchev–Trinajstić information content (AvgIpc) is 3.11. The van der Waals surface area contributed by atoms with Gasteiger partial charge in [0.15, 0.2) is 0 Å². The summed E-state index contributed by atoms with van der Waals surface area (Å²) in [5.74, 6) is -0.486. The molecule has 2 fully saturated rings. The molecule has 1 aliphatic heterocycles. The van der Waals surface area contributed by atoms with Crippen LogP contribution in [0.5, 0.6) is 0 Å². The minimum atomic E-state index is -3.23. The Morgan fingerprint density at radius 2 is 1.96 bits per heavy atom. The smallest absolute Gasteiger partial charge is 0.325 e. The summed E-state index contributed by atoms with van der Waals surface area (Å²) in [6.07, 6.45) is 4.86. The van der Waals surface area contributed by atoms with E-state index in [0.717, 1.165) is 24.0 Å². The summed E-state index contributed by atoms with van der Waals surface area (Å²) in [4.78, 5) is 37.5.